The van der Waals surface area contributed by atoms with Gasteiger partial charge < -0.3 is 21.7 Å². The molecule has 2 aliphatic heterocycles. The van der Waals surface area contributed by atoms with Crippen molar-refractivity contribution >= 4 is 23.0 Å². The molecule has 0 spiro atoms. The summed E-state index contributed by atoms with van der Waals surface area (Å²) in [6.07, 6.45) is 6.56. The average Bonchev–Trinajstić information content (AvgIpc) is 3.21. The van der Waals surface area contributed by atoms with E-state index in [2.05, 4.69) is 20.9 Å². The zero-order valence-corrected chi connectivity index (χ0v) is 19.1. The van der Waals surface area contributed by atoms with Gasteiger partial charge in [-0.3, -0.25) is 15.2 Å². The molecule has 2 atom stereocenters. The maximum absolute atomic E-state index is 12.7. The number of aromatic nitrogens is 1. The fourth-order valence-corrected chi connectivity index (χ4v) is 4.99. The zero-order valence-electron chi connectivity index (χ0n) is 19.1. The number of rotatable bonds is 7. The minimum Gasteiger partial charge on any atom is -0.398 e. The van der Waals surface area contributed by atoms with Crippen LogP contribution in [0, 0.1) is 5.41 Å². The van der Waals surface area contributed by atoms with Gasteiger partial charge in [0.15, 0.2) is 0 Å². The van der Waals surface area contributed by atoms with Gasteiger partial charge in [-0.15, -0.1) is 0 Å². The number of hydrogen-bond donors (Lipinski definition) is 5. The number of hydrogen-bond acceptors (Lipinski definition) is 6. The molecule has 174 valence electrons. The van der Waals surface area contributed by atoms with Crippen molar-refractivity contribution in [3.8, 4) is 0 Å². The van der Waals surface area contributed by atoms with E-state index >= 15 is 0 Å². The van der Waals surface area contributed by atoms with Crippen LogP contribution in [0.5, 0.6) is 0 Å². The number of nitrogens with two attached hydrogens (primary N) is 1. The second-order valence-electron chi connectivity index (χ2n) is 9.21. The van der Waals surface area contributed by atoms with Gasteiger partial charge in [0.05, 0.1) is 18.0 Å². The smallest absolute Gasteiger partial charge is 0.251 e. The van der Waals surface area contributed by atoms with Crippen LogP contribution in [0.15, 0.2) is 66.9 Å². The quantitative estimate of drug-likeness (QED) is 0.276. The summed E-state index contributed by atoms with van der Waals surface area (Å²) in [6.45, 7) is 0.337. The van der Waals surface area contributed by atoms with Crippen LogP contribution in [-0.2, 0) is 6.54 Å². The standard InChI is InChI=1S/C27H30N6O/c28-25-11-6-18(27(34)31-16-22-3-1-2-12-30-22)13-24(25)26(29)17-4-7-19(8-5-17)32-23-14-20-9-10-21(15-23)33-20/h1-8,11-13,20-21,23,29,32-33H,9-10,14-16,28H2,(H,31,34). The van der Waals surface area contributed by atoms with Crippen LogP contribution < -0.4 is 21.7 Å². The van der Waals surface area contributed by atoms with Crippen LogP contribution in [-0.4, -0.2) is 34.7 Å². The van der Waals surface area contributed by atoms with E-state index in [1.54, 1.807) is 24.4 Å². The van der Waals surface area contributed by atoms with Crippen LogP contribution in [0.3, 0.4) is 0 Å². The number of carbonyl (C=O) groups excluding carboxylic acids is 1. The van der Waals surface area contributed by atoms with Crippen molar-refractivity contribution in [1.29, 1.82) is 5.41 Å². The van der Waals surface area contributed by atoms with Crippen LogP contribution in [0.4, 0.5) is 11.4 Å². The van der Waals surface area contributed by atoms with Crippen LogP contribution in [0.2, 0.25) is 0 Å². The molecule has 1 aromatic heterocycles. The first-order valence-corrected chi connectivity index (χ1v) is 11.8. The van der Waals surface area contributed by atoms with E-state index in [0.29, 0.717) is 47.2 Å². The molecule has 3 aromatic rings. The first-order chi connectivity index (χ1) is 16.5. The Balaban J connectivity index is 1.25. The Kier molecular flexibility index (Phi) is 6.27. The number of amides is 1. The van der Waals surface area contributed by atoms with E-state index in [0.717, 1.165) is 29.8 Å². The Morgan fingerprint density at radius 2 is 1.76 bits per heavy atom. The number of benzene rings is 2. The van der Waals surface area contributed by atoms with E-state index < -0.39 is 0 Å². The monoisotopic (exact) mass is 454 g/mol. The minimum absolute atomic E-state index is 0.227. The molecule has 2 fully saturated rings. The Morgan fingerprint density at radius 3 is 2.47 bits per heavy atom. The first-order valence-electron chi connectivity index (χ1n) is 11.8. The molecule has 0 saturated carbocycles. The van der Waals surface area contributed by atoms with Crippen molar-refractivity contribution in [3.05, 3.63) is 89.2 Å². The number of pyridine rings is 1. The van der Waals surface area contributed by atoms with Crippen molar-refractivity contribution < 1.29 is 4.79 Å². The normalized spacial score (nSPS) is 21.1. The third-order valence-electron chi connectivity index (χ3n) is 6.76. The molecule has 6 N–H and O–H groups in total. The highest BCUT2D eigenvalue weighted by atomic mass is 16.1. The Morgan fingerprint density at radius 1 is 1.03 bits per heavy atom. The van der Waals surface area contributed by atoms with E-state index in [1.165, 1.54) is 12.8 Å². The molecule has 2 aliphatic rings. The van der Waals surface area contributed by atoms with E-state index in [-0.39, 0.29) is 5.91 Å². The van der Waals surface area contributed by atoms with Gasteiger partial charge >= 0.3 is 0 Å². The minimum atomic E-state index is -0.227. The Bertz CT molecular complexity index is 1170. The molecule has 0 radical (unpaired) electrons. The third kappa shape index (κ3) is 4.94. The number of anilines is 2. The molecule has 5 rings (SSSR count). The largest absolute Gasteiger partial charge is 0.398 e. The van der Waals surface area contributed by atoms with Crippen molar-refractivity contribution in [2.75, 3.05) is 11.1 Å². The summed E-state index contributed by atoms with van der Waals surface area (Å²) in [7, 11) is 0. The lowest BCUT2D eigenvalue weighted by Crippen LogP contribution is -2.43. The first kappa shape index (κ1) is 22.1. The number of nitrogens with one attached hydrogen (secondary N) is 4. The fourth-order valence-electron chi connectivity index (χ4n) is 4.99. The van der Waals surface area contributed by atoms with Crippen molar-refractivity contribution in [2.45, 2.75) is 50.4 Å². The third-order valence-corrected chi connectivity index (χ3v) is 6.76. The highest BCUT2D eigenvalue weighted by Gasteiger charge is 2.33. The van der Waals surface area contributed by atoms with Gasteiger partial charge in [0, 0.05) is 52.4 Å². The lowest BCUT2D eigenvalue weighted by molar-refractivity contribution is 0.0950. The molecule has 2 saturated heterocycles. The predicted octanol–water partition coefficient (Wildman–Crippen LogP) is 3.70. The summed E-state index contributed by atoms with van der Waals surface area (Å²) < 4.78 is 0. The molecule has 1 amide bonds. The molecular formula is C27H30N6O. The van der Waals surface area contributed by atoms with Crippen molar-refractivity contribution in [2.24, 2.45) is 0 Å². The zero-order chi connectivity index (χ0) is 23.5. The number of nitrogen functional groups attached to an aromatic ring is 1. The van der Waals surface area contributed by atoms with Gasteiger partial charge in [-0.25, -0.2) is 0 Å². The second kappa shape index (κ2) is 9.65. The molecule has 3 heterocycles. The molecule has 7 nitrogen and oxygen atoms in total. The molecular weight excluding hydrogens is 424 g/mol. The maximum atomic E-state index is 12.7. The van der Waals surface area contributed by atoms with Crippen molar-refractivity contribution in [3.63, 3.8) is 0 Å². The summed E-state index contributed by atoms with van der Waals surface area (Å²) >= 11 is 0. The summed E-state index contributed by atoms with van der Waals surface area (Å²) in [5, 5.41) is 18.9. The highest BCUT2D eigenvalue weighted by molar-refractivity contribution is 6.15. The summed E-state index contributed by atoms with van der Waals surface area (Å²) in [4.78, 5) is 16.9. The topological polar surface area (TPSA) is 116 Å². The van der Waals surface area contributed by atoms with Crippen LogP contribution in [0.1, 0.15) is 52.9 Å². The number of fused-ring (bicyclic) bond motifs is 2. The second-order valence-corrected chi connectivity index (χ2v) is 9.21. The molecule has 2 aromatic carbocycles. The Hall–Kier alpha value is -3.71. The van der Waals surface area contributed by atoms with Gasteiger partial charge in [-0.05, 0) is 68.1 Å². The maximum Gasteiger partial charge on any atom is 0.251 e. The Labute approximate surface area is 199 Å². The summed E-state index contributed by atoms with van der Waals surface area (Å²) in [5.41, 5.74) is 10.6. The SMILES string of the molecule is N=C(c1ccc(NC2CC3CCC(C2)N3)cc1)c1cc(C(=O)NCc2ccccn2)ccc1N. The van der Waals surface area contributed by atoms with E-state index in [1.807, 2.05) is 42.5 Å². The van der Waals surface area contributed by atoms with Crippen LogP contribution >= 0.6 is 0 Å². The molecule has 0 aliphatic carbocycles. The molecule has 7 heteroatoms. The number of carbonyl (C=O) groups is 1. The van der Waals surface area contributed by atoms with Gasteiger partial charge in [0.25, 0.3) is 5.91 Å². The molecule has 34 heavy (non-hydrogen) atoms. The van der Waals surface area contributed by atoms with Gasteiger partial charge in [0.1, 0.15) is 0 Å². The van der Waals surface area contributed by atoms with Crippen molar-refractivity contribution in [1.82, 2.24) is 15.6 Å². The fraction of sp³-hybridized carbons (Fsp3) is 0.296. The lowest BCUT2D eigenvalue weighted by Gasteiger charge is -2.30. The molecule has 2 unspecified atom stereocenters. The van der Waals surface area contributed by atoms with Crippen LogP contribution in [0.25, 0.3) is 0 Å². The number of nitrogens with zero attached hydrogens (tertiary/aromatic N) is 1. The highest BCUT2D eigenvalue weighted by Crippen LogP contribution is 2.29. The van der Waals surface area contributed by atoms with Gasteiger partial charge in [0.2, 0.25) is 0 Å². The van der Waals surface area contributed by atoms with Gasteiger partial charge in [-0.1, -0.05) is 18.2 Å². The number of piperidine rings is 1. The summed E-state index contributed by atoms with van der Waals surface area (Å²) in [6, 6.07) is 20.3. The summed E-state index contributed by atoms with van der Waals surface area (Å²) in [5.74, 6) is -0.227. The predicted molar refractivity (Wildman–Crippen MR) is 135 cm³/mol. The van der Waals surface area contributed by atoms with Gasteiger partial charge in [-0.2, -0.15) is 0 Å². The van der Waals surface area contributed by atoms with E-state index in [4.69, 9.17) is 11.1 Å². The molecule has 2 bridgehead atoms. The lowest BCUT2D eigenvalue weighted by atomic mass is 9.97. The average molecular weight is 455 g/mol. The van der Waals surface area contributed by atoms with E-state index in [9.17, 15) is 4.79 Å².